The first-order chi connectivity index (χ1) is 7.00. The summed E-state index contributed by atoms with van der Waals surface area (Å²) in [5, 5.41) is 2.88. The number of rotatable bonds is 4. The van der Waals surface area contributed by atoms with Crippen molar-refractivity contribution in [3.63, 3.8) is 0 Å². The van der Waals surface area contributed by atoms with Crippen molar-refractivity contribution in [3.8, 4) is 0 Å². The van der Waals surface area contributed by atoms with Gasteiger partial charge >= 0.3 is 0 Å². The van der Waals surface area contributed by atoms with Gasteiger partial charge in [-0.2, -0.15) is 0 Å². The van der Waals surface area contributed by atoms with Crippen LogP contribution in [0.25, 0.3) is 0 Å². The van der Waals surface area contributed by atoms with E-state index < -0.39 is 11.6 Å². The Morgan fingerprint density at radius 1 is 1.40 bits per heavy atom. The van der Waals surface area contributed by atoms with E-state index in [9.17, 15) is 8.78 Å². The second kappa shape index (κ2) is 5.26. The molecule has 82 valence electrons. The lowest BCUT2D eigenvalue weighted by Gasteiger charge is -2.08. The number of hydrogen-bond donors (Lipinski definition) is 1. The summed E-state index contributed by atoms with van der Waals surface area (Å²) in [4.78, 5) is 0. The zero-order chi connectivity index (χ0) is 11.4. The lowest BCUT2D eigenvalue weighted by Crippen LogP contribution is -2.04. The lowest BCUT2D eigenvalue weighted by atomic mass is 10.2. The molecule has 0 unspecified atom stereocenters. The third kappa shape index (κ3) is 3.63. The average molecular weight is 276 g/mol. The molecule has 15 heavy (non-hydrogen) atoms. The molecule has 0 heterocycles. The zero-order valence-electron chi connectivity index (χ0n) is 8.41. The molecule has 0 aliphatic rings. The normalized spacial score (nSPS) is 10.1. The molecule has 4 heteroatoms. The lowest BCUT2D eigenvalue weighted by molar-refractivity contribution is 0.580. The second-order valence-electron chi connectivity index (χ2n) is 3.38. The molecule has 0 radical (unpaired) electrons. The molecule has 1 aromatic carbocycles. The van der Waals surface area contributed by atoms with E-state index in [1.165, 1.54) is 6.07 Å². The van der Waals surface area contributed by atoms with Gasteiger partial charge in [0.15, 0.2) is 0 Å². The average Bonchev–Trinajstić information content (AvgIpc) is 2.13. The Morgan fingerprint density at radius 3 is 2.67 bits per heavy atom. The van der Waals surface area contributed by atoms with E-state index in [0.717, 1.165) is 18.1 Å². The SMILES string of the molecule is C=C(C)CCNc1cc(Br)c(F)cc1F. The standard InChI is InChI=1S/C11H12BrF2N/c1-7(2)3-4-15-11-5-8(12)9(13)6-10(11)14/h5-6,15H,1,3-4H2,2H3. The molecular formula is C11H12BrF2N. The summed E-state index contributed by atoms with van der Waals surface area (Å²) in [5.41, 5.74) is 1.31. The van der Waals surface area contributed by atoms with Crippen LogP contribution in [0, 0.1) is 11.6 Å². The van der Waals surface area contributed by atoms with E-state index in [1.54, 1.807) is 0 Å². The maximum Gasteiger partial charge on any atom is 0.149 e. The van der Waals surface area contributed by atoms with Crippen LogP contribution in [0.3, 0.4) is 0 Å². The number of nitrogens with one attached hydrogen (secondary N) is 1. The Hall–Kier alpha value is -0.900. The third-order valence-electron chi connectivity index (χ3n) is 1.88. The van der Waals surface area contributed by atoms with Crippen molar-refractivity contribution in [1.29, 1.82) is 0 Å². The van der Waals surface area contributed by atoms with E-state index in [4.69, 9.17) is 0 Å². The highest BCUT2D eigenvalue weighted by Crippen LogP contribution is 2.23. The molecule has 1 N–H and O–H groups in total. The molecule has 1 nitrogen and oxygen atoms in total. The van der Waals surface area contributed by atoms with Gasteiger partial charge in [-0.1, -0.05) is 5.57 Å². The summed E-state index contributed by atoms with van der Waals surface area (Å²) >= 11 is 3.00. The van der Waals surface area contributed by atoms with Crippen molar-refractivity contribution in [3.05, 3.63) is 40.4 Å². The smallest absolute Gasteiger partial charge is 0.149 e. The van der Waals surface area contributed by atoms with Gasteiger partial charge in [0.05, 0.1) is 10.2 Å². The van der Waals surface area contributed by atoms with Crippen molar-refractivity contribution >= 4 is 21.6 Å². The molecular weight excluding hydrogens is 264 g/mol. The van der Waals surface area contributed by atoms with Crippen molar-refractivity contribution in [2.75, 3.05) is 11.9 Å². The maximum atomic E-state index is 13.2. The van der Waals surface area contributed by atoms with E-state index in [1.807, 2.05) is 6.92 Å². The predicted octanol–water partition coefficient (Wildman–Crippen LogP) is 4.11. The second-order valence-corrected chi connectivity index (χ2v) is 4.23. The summed E-state index contributed by atoms with van der Waals surface area (Å²) < 4.78 is 26.3. The molecule has 0 saturated heterocycles. The van der Waals surface area contributed by atoms with Crippen LogP contribution >= 0.6 is 15.9 Å². The highest BCUT2D eigenvalue weighted by molar-refractivity contribution is 9.10. The summed E-state index contributed by atoms with van der Waals surface area (Å²) in [6.07, 6.45) is 0.758. The van der Waals surface area contributed by atoms with Crippen molar-refractivity contribution in [1.82, 2.24) is 0 Å². The van der Waals surface area contributed by atoms with Gasteiger partial charge < -0.3 is 5.32 Å². The minimum absolute atomic E-state index is 0.252. The van der Waals surface area contributed by atoms with E-state index in [-0.39, 0.29) is 4.47 Å². The summed E-state index contributed by atoms with van der Waals surface area (Å²) in [6.45, 7) is 6.23. The molecule has 0 atom stereocenters. The topological polar surface area (TPSA) is 12.0 Å². The predicted molar refractivity (Wildman–Crippen MR) is 62.0 cm³/mol. The number of benzene rings is 1. The van der Waals surface area contributed by atoms with Gasteiger partial charge in [-0.3, -0.25) is 0 Å². The first kappa shape index (κ1) is 12.2. The highest BCUT2D eigenvalue weighted by atomic mass is 79.9. The minimum Gasteiger partial charge on any atom is -0.382 e. The van der Waals surface area contributed by atoms with Crippen LogP contribution < -0.4 is 5.32 Å². The van der Waals surface area contributed by atoms with Crippen LogP contribution in [-0.4, -0.2) is 6.54 Å². The molecule has 1 aromatic rings. The van der Waals surface area contributed by atoms with Gasteiger partial charge in [-0.05, 0) is 35.3 Å². The summed E-state index contributed by atoms with van der Waals surface area (Å²) in [5.74, 6) is -1.18. The molecule has 0 aliphatic heterocycles. The maximum absolute atomic E-state index is 13.2. The van der Waals surface area contributed by atoms with Crippen molar-refractivity contribution < 1.29 is 8.78 Å². The first-order valence-electron chi connectivity index (χ1n) is 4.53. The van der Waals surface area contributed by atoms with E-state index in [2.05, 4.69) is 27.8 Å². The molecule has 0 aromatic heterocycles. The fourth-order valence-corrected chi connectivity index (χ4v) is 1.41. The molecule has 0 fully saturated rings. The third-order valence-corrected chi connectivity index (χ3v) is 2.48. The molecule has 0 aliphatic carbocycles. The van der Waals surface area contributed by atoms with Crippen LogP contribution in [0.4, 0.5) is 14.5 Å². The van der Waals surface area contributed by atoms with Gasteiger partial charge in [0, 0.05) is 12.6 Å². The van der Waals surface area contributed by atoms with E-state index in [0.29, 0.717) is 12.2 Å². The van der Waals surface area contributed by atoms with Gasteiger partial charge in [-0.25, -0.2) is 8.78 Å². The first-order valence-corrected chi connectivity index (χ1v) is 5.33. The Kier molecular flexibility index (Phi) is 4.27. The van der Waals surface area contributed by atoms with Crippen molar-refractivity contribution in [2.24, 2.45) is 0 Å². The Bertz CT molecular complexity index is 377. The van der Waals surface area contributed by atoms with Gasteiger partial charge in [0.25, 0.3) is 0 Å². The minimum atomic E-state index is -0.599. The molecule has 0 spiro atoms. The largest absolute Gasteiger partial charge is 0.382 e. The molecule has 0 saturated carbocycles. The quantitative estimate of drug-likeness (QED) is 0.644. The molecule has 1 rings (SSSR count). The molecule has 0 bridgehead atoms. The van der Waals surface area contributed by atoms with Crippen LogP contribution in [0.1, 0.15) is 13.3 Å². The number of hydrogen-bond acceptors (Lipinski definition) is 1. The van der Waals surface area contributed by atoms with E-state index >= 15 is 0 Å². The van der Waals surface area contributed by atoms with Gasteiger partial charge in [0.1, 0.15) is 11.6 Å². The number of halogens is 3. The zero-order valence-corrected chi connectivity index (χ0v) is 10.00. The van der Waals surface area contributed by atoms with Gasteiger partial charge in [0.2, 0.25) is 0 Å². The van der Waals surface area contributed by atoms with Gasteiger partial charge in [-0.15, -0.1) is 6.58 Å². The highest BCUT2D eigenvalue weighted by Gasteiger charge is 2.07. The molecule has 0 amide bonds. The van der Waals surface area contributed by atoms with Crippen LogP contribution in [0.5, 0.6) is 0 Å². The fraction of sp³-hybridized carbons (Fsp3) is 0.273. The summed E-state index contributed by atoms with van der Waals surface area (Å²) in [7, 11) is 0. The summed E-state index contributed by atoms with van der Waals surface area (Å²) in [6, 6.07) is 2.25. The Morgan fingerprint density at radius 2 is 2.07 bits per heavy atom. The number of anilines is 1. The Labute approximate surface area is 96.3 Å². The Balaban J connectivity index is 2.69. The monoisotopic (exact) mass is 275 g/mol. The van der Waals surface area contributed by atoms with Crippen molar-refractivity contribution in [2.45, 2.75) is 13.3 Å². The fourth-order valence-electron chi connectivity index (χ4n) is 1.07. The van der Waals surface area contributed by atoms with Crippen LogP contribution in [-0.2, 0) is 0 Å². The van der Waals surface area contributed by atoms with Crippen LogP contribution in [0.2, 0.25) is 0 Å². The van der Waals surface area contributed by atoms with Crippen LogP contribution in [0.15, 0.2) is 28.8 Å².